The minimum absolute atomic E-state index is 0.0549. The van der Waals surface area contributed by atoms with E-state index in [9.17, 15) is 14.4 Å². The SMILES string of the molecule is C[C@]1(C(=O)Nc2cccc(Cl)c2)[C@@H](c2cccc(Cl)c2F)[C@@H]2C(=O)N(c3ccc(NC=O)cc3)CC[C@@H]2N1CC1CC1. The molecule has 3 aromatic rings. The highest BCUT2D eigenvalue weighted by atomic mass is 35.5. The largest absolute Gasteiger partial charge is 0.329 e. The fourth-order valence-electron chi connectivity index (χ4n) is 6.80. The maximum atomic E-state index is 15.9. The van der Waals surface area contributed by atoms with Crippen LogP contribution < -0.4 is 15.5 Å². The van der Waals surface area contributed by atoms with Gasteiger partial charge in [0.05, 0.1) is 10.9 Å². The molecule has 10 heteroatoms. The summed E-state index contributed by atoms with van der Waals surface area (Å²) in [6.07, 6.45) is 3.31. The van der Waals surface area contributed by atoms with Crippen molar-refractivity contribution in [3.05, 3.63) is 88.2 Å². The molecule has 4 atom stereocenters. The van der Waals surface area contributed by atoms with Crippen molar-refractivity contribution < 1.29 is 18.8 Å². The minimum Gasteiger partial charge on any atom is -0.329 e. The van der Waals surface area contributed by atoms with Gasteiger partial charge in [-0.1, -0.05) is 41.4 Å². The second kappa shape index (κ2) is 11.3. The molecule has 42 heavy (non-hydrogen) atoms. The van der Waals surface area contributed by atoms with Crippen molar-refractivity contribution >= 4 is 58.5 Å². The van der Waals surface area contributed by atoms with Crippen molar-refractivity contribution in [3.63, 3.8) is 0 Å². The molecule has 0 bridgehead atoms. The molecule has 0 aromatic heterocycles. The van der Waals surface area contributed by atoms with Gasteiger partial charge in [-0.15, -0.1) is 0 Å². The van der Waals surface area contributed by atoms with Crippen molar-refractivity contribution in [2.75, 3.05) is 28.6 Å². The number of halogens is 3. The lowest BCUT2D eigenvalue weighted by Gasteiger charge is -2.40. The van der Waals surface area contributed by atoms with Crippen molar-refractivity contribution in [3.8, 4) is 0 Å². The molecular formula is C32H31Cl2FN4O3. The zero-order valence-corrected chi connectivity index (χ0v) is 24.5. The van der Waals surface area contributed by atoms with Gasteiger partial charge in [-0.05, 0) is 86.2 Å². The van der Waals surface area contributed by atoms with E-state index in [-0.39, 0.29) is 28.4 Å². The molecule has 3 aliphatic rings. The Morgan fingerprint density at radius 2 is 1.79 bits per heavy atom. The monoisotopic (exact) mass is 608 g/mol. The summed E-state index contributed by atoms with van der Waals surface area (Å²) in [5.74, 6) is -2.22. The average molecular weight is 610 g/mol. The van der Waals surface area contributed by atoms with E-state index < -0.39 is 23.2 Å². The van der Waals surface area contributed by atoms with Gasteiger partial charge in [-0.3, -0.25) is 19.3 Å². The van der Waals surface area contributed by atoms with Crippen LogP contribution in [0.1, 0.15) is 37.7 Å². The lowest BCUT2D eigenvalue weighted by atomic mass is 9.72. The van der Waals surface area contributed by atoms with Crippen LogP contribution in [-0.4, -0.2) is 47.8 Å². The summed E-state index contributed by atoms with van der Waals surface area (Å²) < 4.78 is 15.9. The zero-order valence-electron chi connectivity index (χ0n) is 23.0. The lowest BCUT2D eigenvalue weighted by molar-refractivity contribution is -0.127. The maximum Gasteiger partial charge on any atom is 0.245 e. The van der Waals surface area contributed by atoms with Crippen LogP contribution in [-0.2, 0) is 14.4 Å². The van der Waals surface area contributed by atoms with Crippen molar-refractivity contribution in [1.29, 1.82) is 0 Å². The van der Waals surface area contributed by atoms with Gasteiger partial charge >= 0.3 is 0 Å². The Balaban J connectivity index is 1.46. The van der Waals surface area contributed by atoms with E-state index in [1.807, 2.05) is 6.92 Å². The molecule has 2 aliphatic heterocycles. The molecule has 0 radical (unpaired) electrons. The zero-order chi connectivity index (χ0) is 29.6. The van der Waals surface area contributed by atoms with Crippen LogP contribution in [0.15, 0.2) is 66.7 Å². The number of fused-ring (bicyclic) bond motifs is 1. The van der Waals surface area contributed by atoms with Crippen LogP contribution in [0.3, 0.4) is 0 Å². The van der Waals surface area contributed by atoms with Gasteiger partial charge < -0.3 is 15.5 Å². The van der Waals surface area contributed by atoms with Crippen molar-refractivity contribution in [2.24, 2.45) is 11.8 Å². The summed E-state index contributed by atoms with van der Waals surface area (Å²) >= 11 is 12.5. The van der Waals surface area contributed by atoms with Crippen LogP contribution >= 0.6 is 23.2 Å². The van der Waals surface area contributed by atoms with E-state index in [2.05, 4.69) is 15.5 Å². The molecule has 1 saturated carbocycles. The molecule has 0 spiro atoms. The third-order valence-corrected chi connectivity index (χ3v) is 9.52. The average Bonchev–Trinajstić information content (AvgIpc) is 3.76. The van der Waals surface area contributed by atoms with Gasteiger partial charge in [-0.25, -0.2) is 4.39 Å². The standard InChI is InChI=1S/C32H31Cl2FN4O3/c1-32(31(42)37-22-5-2-4-20(33)16-22)28(24-6-3-7-25(34)29(24)35)27-26(39(32)17-19-8-9-19)14-15-38(30(27)41)23-12-10-21(11-13-23)36-18-40/h2-7,10-13,16,18-19,26-28H,8-9,14-15,17H2,1H3,(H,36,40)(H,37,42)/t26-,27+,28-,32+/m0/s1. The van der Waals surface area contributed by atoms with Gasteiger partial charge in [0.15, 0.2) is 0 Å². The lowest BCUT2D eigenvalue weighted by Crippen LogP contribution is -2.56. The Hall–Kier alpha value is -3.46. The quantitative estimate of drug-likeness (QED) is 0.293. The molecule has 3 fully saturated rings. The number of piperidine rings is 1. The number of nitrogens with zero attached hydrogens (tertiary/aromatic N) is 2. The fourth-order valence-corrected chi connectivity index (χ4v) is 7.17. The number of carbonyl (C=O) groups is 3. The second-order valence-corrected chi connectivity index (χ2v) is 12.4. The van der Waals surface area contributed by atoms with Crippen LogP contribution in [0.2, 0.25) is 10.0 Å². The van der Waals surface area contributed by atoms with Crippen molar-refractivity contribution in [1.82, 2.24) is 4.90 Å². The first kappa shape index (κ1) is 28.6. The summed E-state index contributed by atoms with van der Waals surface area (Å²) in [6.45, 7) is 2.91. The molecule has 3 amide bonds. The molecular weight excluding hydrogens is 578 g/mol. The molecule has 6 rings (SSSR count). The van der Waals surface area contributed by atoms with E-state index in [0.29, 0.717) is 53.9 Å². The summed E-state index contributed by atoms with van der Waals surface area (Å²) in [7, 11) is 0. The molecule has 7 nitrogen and oxygen atoms in total. The number of carbonyl (C=O) groups excluding carboxylic acids is 3. The highest BCUT2D eigenvalue weighted by molar-refractivity contribution is 6.31. The smallest absolute Gasteiger partial charge is 0.245 e. The second-order valence-electron chi connectivity index (χ2n) is 11.5. The molecule has 1 aliphatic carbocycles. The molecule has 218 valence electrons. The number of hydrogen-bond acceptors (Lipinski definition) is 4. The number of amides is 3. The Labute approximate surface area is 254 Å². The van der Waals surface area contributed by atoms with E-state index in [1.54, 1.807) is 65.6 Å². The molecule has 2 heterocycles. The highest BCUT2D eigenvalue weighted by Crippen LogP contribution is 2.55. The molecule has 3 aromatic carbocycles. The number of nitrogens with one attached hydrogen (secondary N) is 2. The summed E-state index contributed by atoms with van der Waals surface area (Å²) in [6, 6.07) is 18.4. The highest BCUT2D eigenvalue weighted by Gasteiger charge is 2.65. The third kappa shape index (κ3) is 5.06. The first-order valence-corrected chi connectivity index (χ1v) is 14.9. The number of anilines is 3. The molecule has 2 N–H and O–H groups in total. The van der Waals surface area contributed by atoms with Gasteiger partial charge in [0.25, 0.3) is 0 Å². The topological polar surface area (TPSA) is 81.8 Å². The van der Waals surface area contributed by atoms with E-state index in [0.717, 1.165) is 12.8 Å². The maximum absolute atomic E-state index is 15.9. The molecule has 0 unspecified atom stereocenters. The summed E-state index contributed by atoms with van der Waals surface area (Å²) in [4.78, 5) is 43.6. The van der Waals surface area contributed by atoms with Crippen LogP contribution in [0.5, 0.6) is 0 Å². The van der Waals surface area contributed by atoms with E-state index in [1.165, 1.54) is 6.07 Å². The Morgan fingerprint density at radius 3 is 2.48 bits per heavy atom. The van der Waals surface area contributed by atoms with Crippen LogP contribution in [0.25, 0.3) is 0 Å². The predicted molar refractivity (Wildman–Crippen MR) is 162 cm³/mol. The normalized spacial score (nSPS) is 25.7. The summed E-state index contributed by atoms with van der Waals surface area (Å²) in [5, 5.41) is 6.05. The fraction of sp³-hybridized carbons (Fsp3) is 0.344. The minimum atomic E-state index is -1.27. The van der Waals surface area contributed by atoms with Gasteiger partial charge in [0, 0.05) is 47.1 Å². The number of rotatable bonds is 8. The number of likely N-dealkylation sites (tertiary alicyclic amines) is 1. The van der Waals surface area contributed by atoms with E-state index >= 15 is 4.39 Å². The Bertz CT molecular complexity index is 1530. The van der Waals surface area contributed by atoms with Crippen LogP contribution in [0.4, 0.5) is 21.5 Å². The first-order chi connectivity index (χ1) is 20.2. The van der Waals surface area contributed by atoms with E-state index in [4.69, 9.17) is 23.2 Å². The number of hydrogen-bond donors (Lipinski definition) is 2. The van der Waals surface area contributed by atoms with Gasteiger partial charge in [-0.2, -0.15) is 0 Å². The van der Waals surface area contributed by atoms with Crippen LogP contribution in [0, 0.1) is 17.7 Å². The summed E-state index contributed by atoms with van der Waals surface area (Å²) in [5.41, 5.74) is 0.787. The third-order valence-electron chi connectivity index (χ3n) is 8.99. The Kier molecular flexibility index (Phi) is 7.72. The first-order valence-electron chi connectivity index (χ1n) is 14.1. The predicted octanol–water partition coefficient (Wildman–Crippen LogP) is 6.33. The van der Waals surface area contributed by atoms with Gasteiger partial charge in [0.2, 0.25) is 18.2 Å². The molecule has 2 saturated heterocycles. The Morgan fingerprint density at radius 1 is 1.05 bits per heavy atom. The number of benzene rings is 3. The van der Waals surface area contributed by atoms with Crippen molar-refractivity contribution in [2.45, 2.75) is 43.7 Å². The van der Waals surface area contributed by atoms with Gasteiger partial charge in [0.1, 0.15) is 11.4 Å².